The minimum atomic E-state index is -3.64. The third-order valence-corrected chi connectivity index (χ3v) is 7.94. The van der Waals surface area contributed by atoms with Gasteiger partial charge in [0.2, 0.25) is 10.0 Å². The van der Waals surface area contributed by atoms with E-state index in [0.717, 1.165) is 17.0 Å². The monoisotopic (exact) mass is 443 g/mol. The average molecular weight is 444 g/mol. The van der Waals surface area contributed by atoms with E-state index < -0.39 is 10.0 Å². The number of ketones is 1. The van der Waals surface area contributed by atoms with E-state index in [1.54, 1.807) is 0 Å². The second-order valence-electron chi connectivity index (χ2n) is 7.02. The molecule has 0 unspecified atom stereocenters. The van der Waals surface area contributed by atoms with Crippen LogP contribution in [0.2, 0.25) is 10.0 Å². The lowest BCUT2D eigenvalue weighted by Gasteiger charge is -2.33. The zero-order valence-corrected chi connectivity index (χ0v) is 18.4. The number of halogens is 2. The van der Waals surface area contributed by atoms with Crippen molar-refractivity contribution in [2.75, 3.05) is 32.7 Å². The number of nitrogens with zero attached hydrogens (tertiary/aromatic N) is 3. The summed E-state index contributed by atoms with van der Waals surface area (Å²) in [4.78, 5) is 14.8. The second-order valence-corrected chi connectivity index (χ2v) is 9.78. The Morgan fingerprint density at radius 2 is 1.68 bits per heavy atom. The Morgan fingerprint density at radius 1 is 1.04 bits per heavy atom. The van der Waals surface area contributed by atoms with Crippen molar-refractivity contribution in [1.82, 2.24) is 13.8 Å². The number of piperazine rings is 1. The van der Waals surface area contributed by atoms with Crippen molar-refractivity contribution in [3.63, 3.8) is 0 Å². The van der Waals surface area contributed by atoms with Gasteiger partial charge in [0.05, 0.1) is 21.5 Å². The van der Waals surface area contributed by atoms with Crippen molar-refractivity contribution < 1.29 is 13.2 Å². The van der Waals surface area contributed by atoms with Gasteiger partial charge in [0, 0.05) is 50.2 Å². The summed E-state index contributed by atoms with van der Waals surface area (Å²) >= 11 is 11.8. The lowest BCUT2D eigenvalue weighted by Crippen LogP contribution is -2.49. The molecule has 0 radical (unpaired) electrons. The van der Waals surface area contributed by atoms with E-state index in [1.807, 2.05) is 36.4 Å². The SMILES string of the molecule is Cc1cc(C(=O)CN2CCN(S(=O)(=O)c3ccc(Cl)c(Cl)c3)CC2)c(C)n1C. The van der Waals surface area contributed by atoms with Gasteiger partial charge in [-0.25, -0.2) is 8.42 Å². The van der Waals surface area contributed by atoms with E-state index in [2.05, 4.69) is 0 Å². The van der Waals surface area contributed by atoms with Gasteiger partial charge >= 0.3 is 0 Å². The first kappa shape index (κ1) is 21.3. The van der Waals surface area contributed by atoms with E-state index in [0.29, 0.717) is 31.2 Å². The molecule has 2 aromatic rings. The molecule has 0 amide bonds. The van der Waals surface area contributed by atoms with Crippen molar-refractivity contribution in [2.45, 2.75) is 18.7 Å². The number of carbonyl (C=O) groups excluding carboxylic acids is 1. The third-order valence-electron chi connectivity index (χ3n) is 5.30. The summed E-state index contributed by atoms with van der Waals surface area (Å²) in [5, 5.41) is 0.524. The summed E-state index contributed by atoms with van der Waals surface area (Å²) in [7, 11) is -1.70. The van der Waals surface area contributed by atoms with Crippen molar-refractivity contribution >= 4 is 39.0 Å². The van der Waals surface area contributed by atoms with Gasteiger partial charge in [0.15, 0.2) is 5.78 Å². The molecule has 1 saturated heterocycles. The summed E-state index contributed by atoms with van der Waals surface area (Å²) in [5.74, 6) is 0.0574. The van der Waals surface area contributed by atoms with Gasteiger partial charge in [-0.05, 0) is 38.1 Å². The number of carbonyl (C=O) groups is 1. The highest BCUT2D eigenvalue weighted by Gasteiger charge is 2.30. The third kappa shape index (κ3) is 4.14. The first-order valence-electron chi connectivity index (χ1n) is 8.95. The Hall–Kier alpha value is -1.38. The molecule has 1 aromatic heterocycles. The number of rotatable bonds is 5. The smallest absolute Gasteiger partial charge is 0.243 e. The normalized spacial score (nSPS) is 16.5. The molecule has 0 atom stereocenters. The van der Waals surface area contributed by atoms with Crippen molar-refractivity contribution in [3.05, 3.63) is 51.3 Å². The van der Waals surface area contributed by atoms with Crippen LogP contribution >= 0.6 is 23.2 Å². The first-order chi connectivity index (χ1) is 13.1. The molecule has 0 N–H and O–H groups in total. The maximum Gasteiger partial charge on any atom is 0.243 e. The molecule has 9 heteroatoms. The molecule has 28 heavy (non-hydrogen) atoms. The number of benzene rings is 1. The number of sulfonamides is 1. The Kier molecular flexibility index (Phi) is 6.22. The van der Waals surface area contributed by atoms with Crippen LogP contribution in [0.15, 0.2) is 29.2 Å². The molecule has 6 nitrogen and oxygen atoms in total. The minimum absolute atomic E-state index is 0.0574. The molecule has 1 aliphatic rings. The van der Waals surface area contributed by atoms with Gasteiger partial charge in [-0.2, -0.15) is 4.31 Å². The minimum Gasteiger partial charge on any atom is -0.351 e. The molecule has 0 aliphatic carbocycles. The molecular formula is C19H23Cl2N3O3S. The molecule has 0 spiro atoms. The topological polar surface area (TPSA) is 62.6 Å². The molecule has 152 valence electrons. The van der Waals surface area contributed by atoms with Crippen molar-refractivity contribution in [1.29, 1.82) is 0 Å². The molecule has 0 bridgehead atoms. The Morgan fingerprint density at radius 3 is 2.21 bits per heavy atom. The van der Waals surface area contributed by atoms with Crippen LogP contribution in [-0.4, -0.2) is 60.7 Å². The maximum absolute atomic E-state index is 12.8. The van der Waals surface area contributed by atoms with Crippen LogP contribution in [-0.2, 0) is 17.1 Å². The second kappa shape index (κ2) is 8.16. The standard InChI is InChI=1S/C19H23Cl2N3O3S/c1-13-10-16(14(2)22(13)3)19(25)12-23-6-8-24(9-7-23)28(26,27)15-4-5-17(20)18(21)11-15/h4-5,10-11H,6-9,12H2,1-3H3. The summed E-state index contributed by atoms with van der Waals surface area (Å²) in [6, 6.07) is 6.22. The fraction of sp³-hybridized carbons (Fsp3) is 0.421. The molecule has 2 heterocycles. The fourth-order valence-corrected chi connectivity index (χ4v) is 5.15. The van der Waals surface area contributed by atoms with Crippen LogP contribution in [0, 0.1) is 13.8 Å². The van der Waals surface area contributed by atoms with E-state index >= 15 is 0 Å². The van der Waals surface area contributed by atoms with Gasteiger partial charge in [-0.3, -0.25) is 9.69 Å². The van der Waals surface area contributed by atoms with Gasteiger partial charge in [-0.15, -0.1) is 0 Å². The van der Waals surface area contributed by atoms with E-state index in [9.17, 15) is 13.2 Å². The molecule has 3 rings (SSSR count). The molecule has 1 fully saturated rings. The van der Waals surface area contributed by atoms with Crippen molar-refractivity contribution in [2.24, 2.45) is 7.05 Å². The van der Waals surface area contributed by atoms with Gasteiger partial charge in [0.1, 0.15) is 0 Å². The average Bonchev–Trinajstić information content (AvgIpc) is 2.92. The van der Waals surface area contributed by atoms with Crippen LogP contribution in [0.4, 0.5) is 0 Å². The predicted octanol–water partition coefficient (Wildman–Crippen LogP) is 3.14. The lowest BCUT2D eigenvalue weighted by atomic mass is 10.1. The van der Waals surface area contributed by atoms with E-state index in [-0.39, 0.29) is 22.2 Å². The number of aromatic nitrogens is 1. The number of Topliss-reactive ketones (excluding diaryl/α,β-unsaturated/α-hetero) is 1. The molecule has 1 aliphatic heterocycles. The highest BCUT2D eigenvalue weighted by atomic mass is 35.5. The zero-order valence-electron chi connectivity index (χ0n) is 16.1. The predicted molar refractivity (Wildman–Crippen MR) is 111 cm³/mol. The van der Waals surface area contributed by atoms with Gasteiger partial charge in [-0.1, -0.05) is 23.2 Å². The lowest BCUT2D eigenvalue weighted by molar-refractivity contribution is 0.0901. The van der Waals surface area contributed by atoms with Crippen LogP contribution in [0.1, 0.15) is 21.7 Å². The van der Waals surface area contributed by atoms with Crippen LogP contribution in [0.25, 0.3) is 0 Å². The number of hydrogen-bond donors (Lipinski definition) is 0. The maximum atomic E-state index is 12.8. The van der Waals surface area contributed by atoms with Gasteiger partial charge < -0.3 is 4.57 Å². The molecule has 0 saturated carbocycles. The highest BCUT2D eigenvalue weighted by Crippen LogP contribution is 2.27. The highest BCUT2D eigenvalue weighted by molar-refractivity contribution is 7.89. The largest absolute Gasteiger partial charge is 0.351 e. The summed E-state index contributed by atoms with van der Waals surface area (Å²) in [6.07, 6.45) is 0. The number of hydrogen-bond acceptors (Lipinski definition) is 4. The fourth-order valence-electron chi connectivity index (χ4n) is 3.34. The summed E-state index contributed by atoms with van der Waals surface area (Å²) < 4.78 is 29.1. The Balaban J connectivity index is 1.64. The number of aryl methyl sites for hydroxylation is 1. The molecular weight excluding hydrogens is 421 g/mol. The van der Waals surface area contributed by atoms with E-state index in [1.165, 1.54) is 22.5 Å². The Labute approximate surface area is 175 Å². The van der Waals surface area contributed by atoms with Crippen LogP contribution < -0.4 is 0 Å². The van der Waals surface area contributed by atoms with Crippen LogP contribution in [0.5, 0.6) is 0 Å². The summed E-state index contributed by atoms with van der Waals surface area (Å²) in [5.41, 5.74) is 2.72. The van der Waals surface area contributed by atoms with E-state index in [4.69, 9.17) is 23.2 Å². The first-order valence-corrected chi connectivity index (χ1v) is 11.1. The Bertz CT molecular complexity index is 1010. The van der Waals surface area contributed by atoms with Crippen LogP contribution in [0.3, 0.4) is 0 Å². The van der Waals surface area contributed by atoms with Gasteiger partial charge in [0.25, 0.3) is 0 Å². The summed E-state index contributed by atoms with van der Waals surface area (Å²) in [6.45, 7) is 5.82. The quantitative estimate of drug-likeness (QED) is 0.665. The zero-order chi connectivity index (χ0) is 20.6. The van der Waals surface area contributed by atoms with Crippen molar-refractivity contribution in [3.8, 4) is 0 Å². The molecule has 1 aromatic carbocycles.